The van der Waals surface area contributed by atoms with Crippen LogP contribution in [0.2, 0.25) is 0 Å². The van der Waals surface area contributed by atoms with Crippen LogP contribution < -0.4 is 5.32 Å². The van der Waals surface area contributed by atoms with E-state index in [1.807, 2.05) is 6.92 Å². The molecular formula is C16H20FNO3. The van der Waals surface area contributed by atoms with Crippen molar-refractivity contribution in [2.45, 2.75) is 44.6 Å². The fourth-order valence-corrected chi connectivity index (χ4v) is 2.54. The van der Waals surface area contributed by atoms with E-state index in [4.69, 9.17) is 0 Å². The summed E-state index contributed by atoms with van der Waals surface area (Å²) in [6, 6.07) is 6.11. The van der Waals surface area contributed by atoms with Crippen molar-refractivity contribution in [3.05, 3.63) is 35.6 Å². The van der Waals surface area contributed by atoms with Gasteiger partial charge in [0, 0.05) is 6.42 Å². The van der Waals surface area contributed by atoms with Gasteiger partial charge in [-0.15, -0.1) is 0 Å². The highest BCUT2D eigenvalue weighted by molar-refractivity contribution is 5.87. The Bertz CT molecular complexity index is 556. The molecule has 1 aromatic carbocycles. The normalized spacial score (nSPS) is 18.6. The van der Waals surface area contributed by atoms with E-state index in [1.165, 1.54) is 12.1 Å². The molecule has 1 fully saturated rings. The second kappa shape index (κ2) is 5.84. The minimum atomic E-state index is -1.20. The van der Waals surface area contributed by atoms with Crippen molar-refractivity contribution in [2.75, 3.05) is 0 Å². The SMILES string of the molecule is C[C@H](CC(=O)N[C@](C)(C(=O)O)C1CC1)c1cccc(F)c1. The number of carboxylic acid groups (broad SMARTS) is 1. The minimum Gasteiger partial charge on any atom is -0.480 e. The first kappa shape index (κ1) is 15.5. The Balaban J connectivity index is 1.99. The number of aliphatic carboxylic acids is 1. The molecule has 0 heterocycles. The van der Waals surface area contributed by atoms with Crippen molar-refractivity contribution in [1.82, 2.24) is 5.32 Å². The number of hydrogen-bond acceptors (Lipinski definition) is 2. The average molecular weight is 293 g/mol. The third-order valence-electron chi connectivity index (χ3n) is 4.15. The zero-order valence-electron chi connectivity index (χ0n) is 12.2. The van der Waals surface area contributed by atoms with Gasteiger partial charge >= 0.3 is 5.97 Å². The number of carbonyl (C=O) groups excluding carboxylic acids is 1. The Hall–Kier alpha value is -1.91. The van der Waals surface area contributed by atoms with Crippen molar-refractivity contribution >= 4 is 11.9 Å². The molecule has 1 aromatic rings. The van der Waals surface area contributed by atoms with E-state index >= 15 is 0 Å². The van der Waals surface area contributed by atoms with Crippen LogP contribution in [-0.2, 0) is 9.59 Å². The van der Waals surface area contributed by atoms with Crippen molar-refractivity contribution in [1.29, 1.82) is 0 Å². The van der Waals surface area contributed by atoms with Crippen molar-refractivity contribution in [3.8, 4) is 0 Å². The van der Waals surface area contributed by atoms with E-state index in [0.29, 0.717) is 0 Å². The lowest BCUT2D eigenvalue weighted by Gasteiger charge is -2.27. The van der Waals surface area contributed by atoms with Crippen molar-refractivity contribution < 1.29 is 19.1 Å². The van der Waals surface area contributed by atoms with Gasteiger partial charge in [-0.3, -0.25) is 4.79 Å². The molecule has 0 saturated heterocycles. The molecule has 2 rings (SSSR count). The summed E-state index contributed by atoms with van der Waals surface area (Å²) in [5.41, 5.74) is -0.466. The average Bonchev–Trinajstić information content (AvgIpc) is 3.22. The van der Waals surface area contributed by atoms with Crippen LogP contribution in [0.15, 0.2) is 24.3 Å². The fourth-order valence-electron chi connectivity index (χ4n) is 2.54. The Morgan fingerprint density at radius 2 is 2.14 bits per heavy atom. The first-order valence-corrected chi connectivity index (χ1v) is 7.13. The molecule has 114 valence electrons. The number of amides is 1. The zero-order valence-corrected chi connectivity index (χ0v) is 12.2. The van der Waals surface area contributed by atoms with Crippen LogP contribution >= 0.6 is 0 Å². The maximum atomic E-state index is 13.2. The highest BCUT2D eigenvalue weighted by Crippen LogP contribution is 2.39. The predicted molar refractivity (Wildman–Crippen MR) is 76.3 cm³/mol. The van der Waals surface area contributed by atoms with Gasteiger partial charge in [0.05, 0.1) is 0 Å². The number of hydrogen-bond donors (Lipinski definition) is 2. The second-order valence-corrected chi connectivity index (χ2v) is 5.99. The number of carbonyl (C=O) groups is 2. The lowest BCUT2D eigenvalue weighted by molar-refractivity contribution is -0.148. The summed E-state index contributed by atoms with van der Waals surface area (Å²) in [5, 5.41) is 12.0. The molecule has 0 aliphatic heterocycles. The van der Waals surface area contributed by atoms with Crippen LogP contribution in [0, 0.1) is 11.7 Å². The van der Waals surface area contributed by atoms with Crippen LogP contribution in [0.25, 0.3) is 0 Å². The number of rotatable bonds is 6. The maximum Gasteiger partial charge on any atom is 0.329 e. The Morgan fingerprint density at radius 3 is 2.67 bits per heavy atom. The van der Waals surface area contributed by atoms with E-state index in [0.717, 1.165) is 18.4 Å². The Labute approximate surface area is 123 Å². The number of halogens is 1. The molecule has 0 aromatic heterocycles. The molecule has 5 heteroatoms. The molecule has 0 unspecified atom stereocenters. The molecular weight excluding hydrogens is 273 g/mol. The summed E-state index contributed by atoms with van der Waals surface area (Å²) in [5.74, 6) is -1.82. The van der Waals surface area contributed by atoms with Crippen LogP contribution in [0.1, 0.15) is 44.6 Å². The van der Waals surface area contributed by atoms with Crippen LogP contribution in [0.3, 0.4) is 0 Å². The lowest BCUT2D eigenvalue weighted by atomic mass is 9.93. The van der Waals surface area contributed by atoms with Gasteiger partial charge in [0.1, 0.15) is 11.4 Å². The molecule has 1 saturated carbocycles. The van der Waals surface area contributed by atoms with Gasteiger partial charge in [-0.2, -0.15) is 0 Å². The molecule has 0 bridgehead atoms. The first-order valence-electron chi connectivity index (χ1n) is 7.13. The molecule has 0 spiro atoms. The van der Waals surface area contributed by atoms with Gasteiger partial charge in [-0.05, 0) is 49.3 Å². The summed E-state index contributed by atoms with van der Waals surface area (Å²) in [7, 11) is 0. The molecule has 2 atom stereocenters. The highest BCUT2D eigenvalue weighted by Gasteiger charge is 2.48. The number of benzene rings is 1. The van der Waals surface area contributed by atoms with Gasteiger partial charge in [-0.25, -0.2) is 9.18 Å². The van der Waals surface area contributed by atoms with Crippen LogP contribution in [0.5, 0.6) is 0 Å². The summed E-state index contributed by atoms with van der Waals surface area (Å²) in [6.07, 6.45) is 1.78. The molecule has 0 radical (unpaired) electrons. The molecule has 1 aliphatic rings. The van der Waals surface area contributed by atoms with Gasteiger partial charge in [0.2, 0.25) is 5.91 Å². The number of nitrogens with one attached hydrogen (secondary N) is 1. The minimum absolute atomic E-state index is 0.00317. The molecule has 1 aliphatic carbocycles. The predicted octanol–water partition coefficient (Wildman–Crippen LogP) is 2.69. The summed E-state index contributed by atoms with van der Waals surface area (Å²) >= 11 is 0. The largest absolute Gasteiger partial charge is 0.480 e. The van der Waals surface area contributed by atoms with E-state index in [1.54, 1.807) is 19.1 Å². The van der Waals surface area contributed by atoms with Gasteiger partial charge < -0.3 is 10.4 Å². The molecule has 4 nitrogen and oxygen atoms in total. The topological polar surface area (TPSA) is 66.4 Å². The summed E-state index contributed by atoms with van der Waals surface area (Å²) < 4.78 is 13.2. The molecule has 1 amide bonds. The van der Waals surface area contributed by atoms with Crippen LogP contribution in [-0.4, -0.2) is 22.5 Å². The molecule has 21 heavy (non-hydrogen) atoms. The smallest absolute Gasteiger partial charge is 0.329 e. The second-order valence-electron chi connectivity index (χ2n) is 5.99. The fraction of sp³-hybridized carbons (Fsp3) is 0.500. The summed E-state index contributed by atoms with van der Waals surface area (Å²) in [6.45, 7) is 3.38. The summed E-state index contributed by atoms with van der Waals surface area (Å²) in [4.78, 5) is 23.5. The monoisotopic (exact) mass is 293 g/mol. The van der Waals surface area contributed by atoms with Crippen LogP contribution in [0.4, 0.5) is 4.39 Å². The van der Waals surface area contributed by atoms with Crippen molar-refractivity contribution in [3.63, 3.8) is 0 Å². The first-order chi connectivity index (χ1) is 9.83. The molecule has 2 N–H and O–H groups in total. The Kier molecular flexibility index (Phi) is 4.30. The van der Waals surface area contributed by atoms with Gasteiger partial charge in [0.25, 0.3) is 0 Å². The Morgan fingerprint density at radius 1 is 1.48 bits per heavy atom. The van der Waals surface area contributed by atoms with E-state index in [9.17, 15) is 19.1 Å². The van der Waals surface area contributed by atoms with E-state index in [-0.39, 0.29) is 30.0 Å². The standard InChI is InChI=1S/C16H20FNO3/c1-10(11-4-3-5-13(17)9-11)8-14(19)18-16(2,15(20)21)12-6-7-12/h3-5,9-10,12H,6-8H2,1-2H3,(H,18,19)(H,20,21)/t10-,16+/m1/s1. The van der Waals surface area contributed by atoms with Gasteiger partial charge in [-0.1, -0.05) is 19.1 Å². The van der Waals surface area contributed by atoms with E-state index < -0.39 is 11.5 Å². The third-order valence-corrected chi connectivity index (χ3v) is 4.15. The van der Waals surface area contributed by atoms with Gasteiger partial charge in [0.15, 0.2) is 0 Å². The quantitative estimate of drug-likeness (QED) is 0.847. The lowest BCUT2D eigenvalue weighted by Crippen LogP contribution is -2.54. The van der Waals surface area contributed by atoms with Crippen molar-refractivity contribution in [2.24, 2.45) is 5.92 Å². The van der Waals surface area contributed by atoms with E-state index in [2.05, 4.69) is 5.32 Å². The number of carboxylic acids is 1. The maximum absolute atomic E-state index is 13.2. The highest BCUT2D eigenvalue weighted by atomic mass is 19.1. The zero-order chi connectivity index (χ0) is 15.6. The third kappa shape index (κ3) is 3.60.